The Morgan fingerprint density at radius 3 is 2.30 bits per heavy atom. The summed E-state index contributed by atoms with van der Waals surface area (Å²) in [5, 5.41) is 0. The molecule has 3 nitrogen and oxygen atoms in total. The molecule has 3 aliphatic carbocycles. The first kappa shape index (κ1) is 15.2. The SMILES string of the molecule is CC(C)=CC(C(=O)N1C(=O)C2C3CC(C4CCCC43)C21)=C(C)C. The third-order valence-electron chi connectivity index (χ3n) is 6.78. The van der Waals surface area contributed by atoms with Gasteiger partial charge in [0.2, 0.25) is 5.91 Å². The molecule has 0 radical (unpaired) electrons. The van der Waals surface area contributed by atoms with Crippen molar-refractivity contribution in [2.24, 2.45) is 29.6 Å². The lowest BCUT2D eigenvalue weighted by molar-refractivity contribution is -0.171. The second-order valence-corrected chi connectivity index (χ2v) is 8.49. The number of fused-ring (bicyclic) bond motifs is 8. The zero-order valence-electron chi connectivity index (χ0n) is 14.6. The summed E-state index contributed by atoms with van der Waals surface area (Å²) in [5.74, 6) is 2.94. The summed E-state index contributed by atoms with van der Waals surface area (Å²) in [7, 11) is 0. The maximum Gasteiger partial charge on any atom is 0.260 e. The van der Waals surface area contributed by atoms with Gasteiger partial charge in [-0.25, -0.2) is 0 Å². The first-order valence-corrected chi connectivity index (χ1v) is 9.11. The van der Waals surface area contributed by atoms with E-state index in [4.69, 9.17) is 0 Å². The van der Waals surface area contributed by atoms with Crippen LogP contribution < -0.4 is 0 Å². The van der Waals surface area contributed by atoms with E-state index in [2.05, 4.69) is 0 Å². The minimum Gasteiger partial charge on any atom is -0.274 e. The number of hydrogen-bond acceptors (Lipinski definition) is 2. The van der Waals surface area contributed by atoms with Crippen molar-refractivity contribution in [3.63, 3.8) is 0 Å². The van der Waals surface area contributed by atoms with Crippen LogP contribution in [0.3, 0.4) is 0 Å². The number of amides is 2. The zero-order chi connectivity index (χ0) is 16.5. The molecule has 6 atom stereocenters. The second kappa shape index (κ2) is 5.06. The van der Waals surface area contributed by atoms with Gasteiger partial charge >= 0.3 is 0 Å². The number of nitrogens with zero attached hydrogens (tertiary/aromatic N) is 1. The number of rotatable bonds is 2. The van der Waals surface area contributed by atoms with Crippen LogP contribution in [0, 0.1) is 29.6 Å². The highest BCUT2D eigenvalue weighted by atomic mass is 16.2. The summed E-state index contributed by atoms with van der Waals surface area (Å²) in [6, 6.07) is 0.208. The lowest BCUT2D eigenvalue weighted by Crippen LogP contribution is -2.67. The fraction of sp³-hybridized carbons (Fsp3) is 0.700. The van der Waals surface area contributed by atoms with Gasteiger partial charge in [0.1, 0.15) is 0 Å². The van der Waals surface area contributed by atoms with E-state index in [1.807, 2.05) is 33.8 Å². The quantitative estimate of drug-likeness (QED) is 0.443. The molecule has 0 spiro atoms. The lowest BCUT2D eigenvalue weighted by Gasteiger charge is -2.51. The summed E-state index contributed by atoms with van der Waals surface area (Å²) in [5.41, 5.74) is 2.81. The molecular formula is C20H27NO2. The molecule has 0 N–H and O–H groups in total. The van der Waals surface area contributed by atoms with Gasteiger partial charge in [0.05, 0.1) is 12.0 Å². The highest BCUT2D eigenvalue weighted by Gasteiger charge is 2.69. The molecule has 23 heavy (non-hydrogen) atoms. The third kappa shape index (κ3) is 1.95. The molecule has 6 unspecified atom stereocenters. The smallest absolute Gasteiger partial charge is 0.260 e. The number of carbonyl (C=O) groups excluding carboxylic acids is 2. The molecule has 2 amide bonds. The Balaban J connectivity index is 1.62. The Bertz CT molecular complexity index is 636. The minimum atomic E-state index is -0.0560. The molecule has 4 aliphatic rings. The fourth-order valence-corrected chi connectivity index (χ4v) is 6.05. The number of likely N-dealkylation sites (tertiary alicyclic amines) is 1. The maximum absolute atomic E-state index is 13.0. The Labute approximate surface area is 138 Å². The van der Waals surface area contributed by atoms with Crippen molar-refractivity contribution in [1.82, 2.24) is 4.90 Å². The number of allylic oxidation sites excluding steroid dienone is 2. The van der Waals surface area contributed by atoms with Crippen molar-refractivity contribution in [3.05, 3.63) is 22.8 Å². The van der Waals surface area contributed by atoms with Crippen LogP contribution in [-0.2, 0) is 9.59 Å². The topological polar surface area (TPSA) is 37.4 Å². The average molecular weight is 313 g/mol. The van der Waals surface area contributed by atoms with Gasteiger partial charge in [0.25, 0.3) is 5.91 Å². The largest absolute Gasteiger partial charge is 0.274 e. The predicted octanol–water partition coefficient (Wildman–Crippen LogP) is 3.71. The molecule has 4 fully saturated rings. The highest BCUT2D eigenvalue weighted by Crippen LogP contribution is 2.65. The normalized spacial score (nSPS) is 39.7. The van der Waals surface area contributed by atoms with Gasteiger partial charge in [0.15, 0.2) is 0 Å². The van der Waals surface area contributed by atoms with Crippen LogP contribution in [0.15, 0.2) is 22.8 Å². The summed E-state index contributed by atoms with van der Waals surface area (Å²) in [4.78, 5) is 27.4. The first-order valence-electron chi connectivity index (χ1n) is 9.11. The van der Waals surface area contributed by atoms with E-state index in [1.54, 1.807) is 4.90 Å². The standard InChI is InChI=1S/C20H27NO2/c1-10(2)8-14(11(3)4)19(22)21-18-16-9-15(17(18)20(21)23)12-6-5-7-13(12)16/h8,12-13,15-18H,5-7,9H2,1-4H3. The second-order valence-electron chi connectivity index (χ2n) is 8.49. The van der Waals surface area contributed by atoms with Crippen LogP contribution in [0.4, 0.5) is 0 Å². The van der Waals surface area contributed by atoms with E-state index in [0.29, 0.717) is 17.4 Å². The summed E-state index contributed by atoms with van der Waals surface area (Å²) in [6.07, 6.45) is 7.07. The Kier molecular flexibility index (Phi) is 3.33. The van der Waals surface area contributed by atoms with E-state index in [-0.39, 0.29) is 23.8 Å². The van der Waals surface area contributed by atoms with Crippen molar-refractivity contribution in [2.75, 3.05) is 0 Å². The Morgan fingerprint density at radius 2 is 1.70 bits per heavy atom. The first-order chi connectivity index (χ1) is 10.9. The van der Waals surface area contributed by atoms with Gasteiger partial charge in [-0.15, -0.1) is 0 Å². The zero-order valence-corrected chi connectivity index (χ0v) is 14.6. The predicted molar refractivity (Wildman–Crippen MR) is 89.4 cm³/mol. The van der Waals surface area contributed by atoms with Gasteiger partial charge in [-0.3, -0.25) is 14.5 Å². The van der Waals surface area contributed by atoms with Crippen molar-refractivity contribution in [1.29, 1.82) is 0 Å². The number of imide groups is 1. The van der Waals surface area contributed by atoms with Gasteiger partial charge in [0, 0.05) is 5.57 Å². The lowest BCUT2D eigenvalue weighted by atomic mass is 9.67. The molecule has 3 saturated carbocycles. The van der Waals surface area contributed by atoms with Crippen molar-refractivity contribution >= 4 is 11.8 Å². The minimum absolute atomic E-state index is 0.0560. The number of hydrogen-bond donors (Lipinski definition) is 0. The maximum atomic E-state index is 13.0. The van der Waals surface area contributed by atoms with Crippen molar-refractivity contribution in [3.8, 4) is 0 Å². The molecule has 0 aromatic heterocycles. The molecule has 1 saturated heterocycles. The molecule has 1 heterocycles. The molecule has 0 aromatic rings. The van der Waals surface area contributed by atoms with Gasteiger partial charge < -0.3 is 0 Å². The number of β-lactam (4-membered cyclic amide) rings is 1. The van der Waals surface area contributed by atoms with E-state index in [0.717, 1.165) is 23.0 Å². The van der Waals surface area contributed by atoms with E-state index >= 15 is 0 Å². The van der Waals surface area contributed by atoms with E-state index in [1.165, 1.54) is 25.7 Å². The van der Waals surface area contributed by atoms with E-state index in [9.17, 15) is 9.59 Å². The van der Waals surface area contributed by atoms with Crippen molar-refractivity contribution < 1.29 is 9.59 Å². The molecule has 3 heteroatoms. The molecule has 1 aliphatic heterocycles. The molecule has 124 valence electrons. The molecule has 0 aromatic carbocycles. The van der Waals surface area contributed by atoms with Crippen molar-refractivity contribution in [2.45, 2.75) is 59.4 Å². The molecular weight excluding hydrogens is 286 g/mol. The van der Waals surface area contributed by atoms with Gasteiger partial charge in [-0.2, -0.15) is 0 Å². The summed E-state index contributed by atoms with van der Waals surface area (Å²) in [6.45, 7) is 7.92. The van der Waals surface area contributed by atoms with Crippen LogP contribution >= 0.6 is 0 Å². The summed E-state index contributed by atoms with van der Waals surface area (Å²) < 4.78 is 0. The Morgan fingerprint density at radius 1 is 1.04 bits per heavy atom. The Hall–Kier alpha value is -1.38. The monoisotopic (exact) mass is 313 g/mol. The third-order valence-corrected chi connectivity index (χ3v) is 6.78. The van der Waals surface area contributed by atoms with Crippen LogP contribution in [0.1, 0.15) is 53.4 Å². The van der Waals surface area contributed by atoms with Crippen LogP contribution in [0.25, 0.3) is 0 Å². The van der Waals surface area contributed by atoms with Crippen LogP contribution in [0.2, 0.25) is 0 Å². The van der Waals surface area contributed by atoms with E-state index < -0.39 is 0 Å². The summed E-state index contributed by atoms with van der Waals surface area (Å²) >= 11 is 0. The van der Waals surface area contributed by atoms with Crippen LogP contribution in [0.5, 0.6) is 0 Å². The van der Waals surface area contributed by atoms with Gasteiger partial charge in [-0.05, 0) is 70.6 Å². The highest BCUT2D eigenvalue weighted by molar-refractivity contribution is 6.11. The fourth-order valence-electron chi connectivity index (χ4n) is 6.05. The number of carbonyl (C=O) groups is 2. The molecule has 4 rings (SSSR count). The average Bonchev–Trinajstić information content (AvgIpc) is 3.12. The van der Waals surface area contributed by atoms with Crippen LogP contribution in [-0.4, -0.2) is 22.8 Å². The molecule has 2 bridgehead atoms. The van der Waals surface area contributed by atoms with Gasteiger partial charge in [-0.1, -0.05) is 23.6 Å².